The first-order valence-electron chi connectivity index (χ1n) is 9.68. The molecule has 0 amide bonds. The number of aromatic amines is 1. The molecular weight excluding hydrogens is 432 g/mol. The van der Waals surface area contributed by atoms with Crippen LogP contribution in [0.3, 0.4) is 0 Å². The minimum Gasteiger partial charge on any atom is -0.496 e. The summed E-state index contributed by atoms with van der Waals surface area (Å²) in [5, 5.41) is 0.960. The summed E-state index contributed by atoms with van der Waals surface area (Å²) < 4.78 is 12.0. The number of hydrogen-bond acceptors (Lipinski definition) is 4. The van der Waals surface area contributed by atoms with Crippen LogP contribution in [-0.2, 0) is 10.2 Å². The molecule has 2 heterocycles. The summed E-state index contributed by atoms with van der Waals surface area (Å²) in [7, 11) is 3.41. The number of halogens is 1. The van der Waals surface area contributed by atoms with Crippen LogP contribution >= 0.6 is 15.9 Å². The summed E-state index contributed by atoms with van der Waals surface area (Å²) in [5.41, 5.74) is 5.24. The van der Waals surface area contributed by atoms with Gasteiger partial charge in [-0.1, -0.05) is 12.1 Å². The molecule has 5 nitrogen and oxygen atoms in total. The van der Waals surface area contributed by atoms with E-state index in [9.17, 15) is 4.79 Å². The van der Waals surface area contributed by atoms with Gasteiger partial charge in [-0.05, 0) is 58.1 Å². The van der Waals surface area contributed by atoms with Gasteiger partial charge in [-0.3, -0.25) is 9.79 Å². The van der Waals surface area contributed by atoms with Crippen molar-refractivity contribution in [1.29, 1.82) is 0 Å². The van der Waals surface area contributed by atoms with Crippen molar-refractivity contribution in [2.24, 2.45) is 4.99 Å². The van der Waals surface area contributed by atoms with Crippen molar-refractivity contribution in [1.82, 2.24) is 4.98 Å². The van der Waals surface area contributed by atoms with Crippen molar-refractivity contribution in [3.05, 3.63) is 62.8 Å². The van der Waals surface area contributed by atoms with Crippen LogP contribution in [0.1, 0.15) is 45.6 Å². The molecule has 0 radical (unpaired) electrons. The SMILES string of the molecule is C/N=C\c1ccc2c3c([nH]c2c1)C1(CCOCC1)c1cc(OC)c(Br)cc1C3=O. The molecule has 0 atom stereocenters. The van der Waals surface area contributed by atoms with Gasteiger partial charge in [0.15, 0.2) is 5.78 Å². The number of aliphatic imine (C=N–C) groups is 1. The summed E-state index contributed by atoms with van der Waals surface area (Å²) in [4.78, 5) is 21.4. The molecule has 1 aromatic heterocycles. The lowest BCUT2D eigenvalue weighted by molar-refractivity contribution is 0.0601. The molecule has 148 valence electrons. The highest BCUT2D eigenvalue weighted by atomic mass is 79.9. The molecule has 1 N–H and O–H groups in total. The minimum absolute atomic E-state index is 0.0543. The molecule has 2 aromatic carbocycles. The molecular formula is C23H21BrN2O3. The Kier molecular flexibility index (Phi) is 4.37. The zero-order valence-electron chi connectivity index (χ0n) is 16.3. The summed E-state index contributed by atoms with van der Waals surface area (Å²) in [5.74, 6) is 0.794. The standard InChI is InChI=1S/C23H21BrN2O3/c1-25-12-13-3-4-14-18(9-13)26-22-20(14)21(27)15-10-17(24)19(28-2)11-16(15)23(22)5-7-29-8-6-23/h3-4,9-12,26H,5-8H2,1-2H3/b25-12-. The van der Waals surface area contributed by atoms with Gasteiger partial charge in [0.05, 0.1) is 17.1 Å². The smallest absolute Gasteiger partial charge is 0.195 e. The van der Waals surface area contributed by atoms with E-state index in [2.05, 4.69) is 32.0 Å². The molecule has 29 heavy (non-hydrogen) atoms. The highest BCUT2D eigenvalue weighted by Gasteiger charge is 2.47. The number of nitrogens with one attached hydrogen (secondary N) is 1. The van der Waals surface area contributed by atoms with Crippen LogP contribution in [0.2, 0.25) is 0 Å². The second-order valence-corrected chi connectivity index (χ2v) is 8.48. The number of aromatic nitrogens is 1. The number of rotatable bonds is 2. The molecule has 1 aliphatic heterocycles. The van der Waals surface area contributed by atoms with Crippen LogP contribution in [0, 0.1) is 0 Å². The van der Waals surface area contributed by atoms with Gasteiger partial charge in [0.2, 0.25) is 0 Å². The Bertz CT molecular complexity index is 1170. The molecule has 5 rings (SSSR count). The fourth-order valence-electron chi connectivity index (χ4n) is 4.84. The van der Waals surface area contributed by atoms with Gasteiger partial charge < -0.3 is 14.5 Å². The van der Waals surface area contributed by atoms with E-state index in [1.165, 1.54) is 0 Å². The van der Waals surface area contributed by atoms with E-state index >= 15 is 0 Å². The average Bonchev–Trinajstić information content (AvgIpc) is 3.13. The number of methoxy groups -OCH3 is 1. The maximum atomic E-state index is 13.6. The van der Waals surface area contributed by atoms with E-state index in [-0.39, 0.29) is 11.2 Å². The third-order valence-corrected chi connectivity index (χ3v) is 6.82. The van der Waals surface area contributed by atoms with Crippen LogP contribution in [0.15, 0.2) is 39.8 Å². The van der Waals surface area contributed by atoms with Crippen LogP contribution < -0.4 is 4.74 Å². The van der Waals surface area contributed by atoms with E-state index in [0.717, 1.165) is 61.9 Å². The van der Waals surface area contributed by atoms with Crippen molar-refractivity contribution in [2.45, 2.75) is 18.3 Å². The predicted molar refractivity (Wildman–Crippen MR) is 117 cm³/mol. The van der Waals surface area contributed by atoms with Crippen LogP contribution in [0.25, 0.3) is 10.9 Å². The van der Waals surface area contributed by atoms with Crippen LogP contribution in [0.4, 0.5) is 0 Å². The summed E-state index contributed by atoms with van der Waals surface area (Å²) >= 11 is 3.56. The highest BCUT2D eigenvalue weighted by Crippen LogP contribution is 2.51. The average molecular weight is 453 g/mol. The van der Waals surface area contributed by atoms with E-state index in [0.29, 0.717) is 13.2 Å². The lowest BCUT2D eigenvalue weighted by Crippen LogP contribution is -2.40. The number of hydrogen-bond donors (Lipinski definition) is 1. The molecule has 1 spiro atoms. The van der Waals surface area contributed by atoms with E-state index < -0.39 is 0 Å². The molecule has 0 unspecified atom stereocenters. The second-order valence-electron chi connectivity index (χ2n) is 7.62. The second kappa shape index (κ2) is 6.82. The fraction of sp³-hybridized carbons (Fsp3) is 0.304. The molecule has 6 heteroatoms. The van der Waals surface area contributed by atoms with Crippen molar-refractivity contribution in [3.63, 3.8) is 0 Å². The lowest BCUT2D eigenvalue weighted by Gasteiger charge is -2.41. The van der Waals surface area contributed by atoms with Gasteiger partial charge in [0, 0.05) is 54.1 Å². The van der Waals surface area contributed by atoms with Crippen molar-refractivity contribution < 1.29 is 14.3 Å². The summed E-state index contributed by atoms with van der Waals surface area (Å²) in [6.45, 7) is 1.32. The van der Waals surface area contributed by atoms with Crippen LogP contribution in [-0.4, -0.2) is 44.4 Å². The Morgan fingerprint density at radius 2 is 2.03 bits per heavy atom. The molecule has 1 fully saturated rings. The van der Waals surface area contributed by atoms with Crippen molar-refractivity contribution in [2.75, 3.05) is 27.4 Å². The zero-order valence-corrected chi connectivity index (χ0v) is 17.9. The van der Waals surface area contributed by atoms with Crippen molar-refractivity contribution >= 4 is 38.8 Å². The monoisotopic (exact) mass is 452 g/mol. The largest absolute Gasteiger partial charge is 0.496 e. The minimum atomic E-state index is -0.289. The highest BCUT2D eigenvalue weighted by molar-refractivity contribution is 9.10. The Morgan fingerprint density at radius 1 is 1.24 bits per heavy atom. The lowest BCUT2D eigenvalue weighted by atomic mass is 9.64. The van der Waals surface area contributed by atoms with Gasteiger partial charge in [0.1, 0.15) is 5.75 Å². The maximum absolute atomic E-state index is 13.6. The number of nitrogens with zero attached hydrogens (tertiary/aromatic N) is 1. The number of carbonyl (C=O) groups excluding carboxylic acids is 1. The molecule has 1 saturated heterocycles. The normalized spacial score (nSPS) is 17.7. The number of ketones is 1. The van der Waals surface area contributed by atoms with Crippen LogP contribution in [0.5, 0.6) is 5.75 Å². The van der Waals surface area contributed by atoms with E-state index in [1.54, 1.807) is 14.2 Å². The van der Waals surface area contributed by atoms with E-state index in [1.807, 2.05) is 30.5 Å². The number of H-pyrrole nitrogens is 1. The summed E-state index contributed by atoms with van der Waals surface area (Å²) in [6.07, 6.45) is 3.46. The third-order valence-electron chi connectivity index (χ3n) is 6.20. The number of fused-ring (bicyclic) bond motifs is 6. The van der Waals surface area contributed by atoms with Gasteiger partial charge >= 0.3 is 0 Å². The fourth-order valence-corrected chi connectivity index (χ4v) is 5.35. The molecule has 0 bridgehead atoms. The Labute approximate surface area is 177 Å². The first-order valence-corrected chi connectivity index (χ1v) is 10.5. The first kappa shape index (κ1) is 18.6. The topological polar surface area (TPSA) is 63.7 Å². The zero-order chi connectivity index (χ0) is 20.2. The quantitative estimate of drug-likeness (QED) is 0.576. The predicted octanol–water partition coefficient (Wildman–Crippen LogP) is 4.63. The molecule has 0 saturated carbocycles. The number of carbonyl (C=O) groups is 1. The molecule has 3 aromatic rings. The van der Waals surface area contributed by atoms with Gasteiger partial charge in [-0.2, -0.15) is 0 Å². The Hall–Kier alpha value is -2.44. The third kappa shape index (κ3) is 2.62. The van der Waals surface area contributed by atoms with E-state index in [4.69, 9.17) is 9.47 Å². The Morgan fingerprint density at radius 3 is 2.76 bits per heavy atom. The molecule has 1 aliphatic carbocycles. The van der Waals surface area contributed by atoms with Gasteiger partial charge in [-0.25, -0.2) is 0 Å². The molecule has 2 aliphatic rings. The first-order chi connectivity index (χ1) is 14.1. The maximum Gasteiger partial charge on any atom is 0.195 e. The Balaban J connectivity index is 1.83. The summed E-state index contributed by atoms with van der Waals surface area (Å²) in [6, 6.07) is 10.0. The number of benzene rings is 2. The van der Waals surface area contributed by atoms with Crippen molar-refractivity contribution in [3.8, 4) is 5.75 Å². The van der Waals surface area contributed by atoms with Gasteiger partial charge in [0.25, 0.3) is 0 Å². The number of ether oxygens (including phenoxy) is 2. The van der Waals surface area contributed by atoms with Gasteiger partial charge in [-0.15, -0.1) is 0 Å².